The molecule has 1 aliphatic heterocycles. The van der Waals surface area contributed by atoms with Gasteiger partial charge in [0.25, 0.3) is 5.91 Å². The van der Waals surface area contributed by atoms with Crippen molar-refractivity contribution in [1.29, 1.82) is 0 Å². The van der Waals surface area contributed by atoms with Crippen LogP contribution in [0.5, 0.6) is 5.75 Å². The summed E-state index contributed by atoms with van der Waals surface area (Å²) in [5.74, 6) is -0.303. The van der Waals surface area contributed by atoms with Gasteiger partial charge in [-0.05, 0) is 18.2 Å². The minimum Gasteiger partial charge on any atom is -0.496 e. The van der Waals surface area contributed by atoms with Crippen LogP contribution in [0.15, 0.2) is 18.2 Å². The Hall–Kier alpha value is -2.28. The van der Waals surface area contributed by atoms with Crippen LogP contribution in [0.25, 0.3) is 0 Å². The van der Waals surface area contributed by atoms with E-state index in [9.17, 15) is 14.4 Å². The molecule has 112 valence electrons. The Balaban J connectivity index is 1.94. The van der Waals surface area contributed by atoms with Crippen molar-refractivity contribution in [2.45, 2.75) is 0 Å². The number of ether oxygens (including phenoxy) is 1. The first-order valence-corrected chi connectivity index (χ1v) is 6.60. The molecule has 0 aromatic heterocycles. The lowest BCUT2D eigenvalue weighted by atomic mass is 10.2. The van der Waals surface area contributed by atoms with E-state index in [2.05, 4.69) is 10.6 Å². The smallest absolute Gasteiger partial charge is 0.324 e. The summed E-state index contributed by atoms with van der Waals surface area (Å²) in [4.78, 5) is 35.8. The van der Waals surface area contributed by atoms with Gasteiger partial charge in [0.1, 0.15) is 5.75 Å². The van der Waals surface area contributed by atoms with Crippen molar-refractivity contribution in [3.05, 3.63) is 28.8 Å². The summed E-state index contributed by atoms with van der Waals surface area (Å²) in [6, 6.07) is 4.25. The molecule has 1 aliphatic rings. The van der Waals surface area contributed by atoms with Gasteiger partial charge in [-0.25, -0.2) is 4.79 Å². The number of methoxy groups -OCH3 is 1. The van der Waals surface area contributed by atoms with Crippen LogP contribution < -0.4 is 15.4 Å². The van der Waals surface area contributed by atoms with Crippen LogP contribution in [-0.4, -0.2) is 49.5 Å². The zero-order chi connectivity index (χ0) is 15.4. The number of hydrogen-bond donors (Lipinski definition) is 2. The summed E-state index contributed by atoms with van der Waals surface area (Å²) in [6.45, 7) is 0.252. The first kappa shape index (κ1) is 15.1. The van der Waals surface area contributed by atoms with Crippen molar-refractivity contribution in [3.63, 3.8) is 0 Å². The Kier molecular flexibility index (Phi) is 4.64. The third-order valence-corrected chi connectivity index (χ3v) is 3.20. The van der Waals surface area contributed by atoms with E-state index >= 15 is 0 Å². The average Bonchev–Trinajstić information content (AvgIpc) is 2.78. The molecular weight excluding hydrogens is 298 g/mol. The highest BCUT2D eigenvalue weighted by Crippen LogP contribution is 2.22. The van der Waals surface area contributed by atoms with E-state index in [1.165, 1.54) is 13.2 Å². The van der Waals surface area contributed by atoms with Crippen LogP contribution in [-0.2, 0) is 4.79 Å². The summed E-state index contributed by atoms with van der Waals surface area (Å²) in [5.41, 5.74) is 0.294. The fourth-order valence-corrected chi connectivity index (χ4v) is 2.09. The number of carbonyl (C=O) groups excluding carboxylic acids is 3. The Morgan fingerprint density at radius 1 is 1.48 bits per heavy atom. The summed E-state index contributed by atoms with van der Waals surface area (Å²) in [6.07, 6.45) is 0. The van der Waals surface area contributed by atoms with Crippen LogP contribution >= 0.6 is 11.6 Å². The van der Waals surface area contributed by atoms with E-state index in [1.54, 1.807) is 12.1 Å². The van der Waals surface area contributed by atoms with E-state index in [1.807, 2.05) is 0 Å². The summed E-state index contributed by atoms with van der Waals surface area (Å²) in [5, 5.41) is 5.43. The van der Waals surface area contributed by atoms with Crippen molar-refractivity contribution in [3.8, 4) is 5.75 Å². The van der Waals surface area contributed by atoms with E-state index in [0.717, 1.165) is 4.90 Å². The highest BCUT2D eigenvalue weighted by molar-refractivity contribution is 6.31. The molecule has 1 fully saturated rings. The van der Waals surface area contributed by atoms with E-state index in [-0.39, 0.29) is 31.4 Å². The number of benzene rings is 1. The molecule has 0 atom stereocenters. The standard InChI is InChI=1S/C13H14ClN3O4/c1-21-10-3-2-8(14)6-9(10)12(19)15-4-5-17-11(18)7-16-13(17)20/h2-3,6H,4-5,7H2,1H3,(H,15,19)(H,16,20). The average molecular weight is 312 g/mol. The van der Waals surface area contributed by atoms with Crippen LogP contribution in [0.2, 0.25) is 5.02 Å². The minimum absolute atomic E-state index is 0.00506. The van der Waals surface area contributed by atoms with Gasteiger partial charge in [0.15, 0.2) is 0 Å². The number of imide groups is 1. The first-order chi connectivity index (χ1) is 10.0. The molecule has 0 spiro atoms. The van der Waals surface area contributed by atoms with E-state index < -0.39 is 6.03 Å². The molecule has 1 heterocycles. The van der Waals surface area contributed by atoms with Crippen molar-refractivity contribution >= 4 is 29.4 Å². The molecule has 1 aromatic carbocycles. The Morgan fingerprint density at radius 3 is 2.86 bits per heavy atom. The predicted octanol–water partition coefficient (Wildman–Crippen LogP) is 0.630. The fourth-order valence-electron chi connectivity index (χ4n) is 1.92. The number of halogens is 1. The fraction of sp³-hybridized carbons (Fsp3) is 0.308. The number of rotatable bonds is 5. The minimum atomic E-state index is -0.449. The molecule has 1 saturated heterocycles. The maximum absolute atomic E-state index is 12.1. The molecule has 2 N–H and O–H groups in total. The zero-order valence-electron chi connectivity index (χ0n) is 11.3. The monoisotopic (exact) mass is 311 g/mol. The molecule has 0 unspecified atom stereocenters. The molecule has 0 bridgehead atoms. The maximum atomic E-state index is 12.1. The lowest BCUT2D eigenvalue weighted by molar-refractivity contribution is -0.124. The molecule has 0 aliphatic carbocycles. The molecule has 0 saturated carbocycles. The quantitative estimate of drug-likeness (QED) is 0.781. The largest absolute Gasteiger partial charge is 0.496 e. The Labute approximate surface area is 126 Å². The molecular formula is C13H14ClN3O4. The van der Waals surface area contributed by atoms with Gasteiger partial charge in [-0.2, -0.15) is 0 Å². The summed E-state index contributed by atoms with van der Waals surface area (Å²) >= 11 is 5.85. The maximum Gasteiger partial charge on any atom is 0.324 e. The number of amides is 4. The van der Waals surface area contributed by atoms with Gasteiger partial charge < -0.3 is 15.4 Å². The Bertz CT molecular complexity index is 575. The summed E-state index contributed by atoms with van der Waals surface area (Å²) < 4.78 is 5.09. The lowest BCUT2D eigenvalue weighted by Gasteiger charge is -2.13. The number of urea groups is 1. The molecule has 4 amide bonds. The normalized spacial score (nSPS) is 14.1. The highest BCUT2D eigenvalue weighted by atomic mass is 35.5. The Morgan fingerprint density at radius 2 is 2.24 bits per heavy atom. The van der Waals surface area contributed by atoms with Crippen molar-refractivity contribution in [1.82, 2.24) is 15.5 Å². The van der Waals surface area contributed by atoms with Crippen molar-refractivity contribution < 1.29 is 19.1 Å². The molecule has 8 heteroatoms. The predicted molar refractivity (Wildman–Crippen MR) is 75.4 cm³/mol. The third-order valence-electron chi connectivity index (χ3n) is 2.96. The lowest BCUT2D eigenvalue weighted by Crippen LogP contribution is -2.38. The molecule has 7 nitrogen and oxygen atoms in total. The van der Waals surface area contributed by atoms with E-state index in [0.29, 0.717) is 16.3 Å². The third kappa shape index (κ3) is 3.43. The van der Waals surface area contributed by atoms with Gasteiger partial charge in [-0.15, -0.1) is 0 Å². The van der Waals surface area contributed by atoms with Gasteiger partial charge in [0, 0.05) is 18.1 Å². The SMILES string of the molecule is COc1ccc(Cl)cc1C(=O)NCCN1C(=O)CNC1=O. The molecule has 0 radical (unpaired) electrons. The van der Waals surface area contributed by atoms with Gasteiger partial charge in [-0.3, -0.25) is 14.5 Å². The number of carbonyl (C=O) groups is 3. The van der Waals surface area contributed by atoms with Crippen molar-refractivity contribution in [2.75, 3.05) is 26.7 Å². The van der Waals surface area contributed by atoms with Crippen molar-refractivity contribution in [2.24, 2.45) is 0 Å². The van der Waals surface area contributed by atoms with Gasteiger partial charge in [0.05, 0.1) is 19.2 Å². The zero-order valence-corrected chi connectivity index (χ0v) is 12.1. The van der Waals surface area contributed by atoms with Gasteiger partial charge >= 0.3 is 6.03 Å². The second-order valence-corrected chi connectivity index (χ2v) is 4.74. The first-order valence-electron chi connectivity index (χ1n) is 6.23. The van der Waals surface area contributed by atoms with E-state index in [4.69, 9.17) is 16.3 Å². The molecule has 2 rings (SSSR count). The van der Waals surface area contributed by atoms with Crippen LogP contribution in [0.4, 0.5) is 4.79 Å². The van der Waals surface area contributed by atoms with Gasteiger partial charge in [-0.1, -0.05) is 11.6 Å². The molecule has 21 heavy (non-hydrogen) atoms. The molecule has 1 aromatic rings. The highest BCUT2D eigenvalue weighted by Gasteiger charge is 2.27. The second-order valence-electron chi connectivity index (χ2n) is 4.30. The van der Waals surface area contributed by atoms with Crippen LogP contribution in [0.3, 0.4) is 0 Å². The number of nitrogens with zero attached hydrogens (tertiary/aromatic N) is 1. The second kappa shape index (κ2) is 6.45. The summed E-state index contributed by atoms with van der Waals surface area (Å²) in [7, 11) is 1.45. The topological polar surface area (TPSA) is 87.7 Å². The van der Waals surface area contributed by atoms with Crippen LogP contribution in [0, 0.1) is 0 Å². The van der Waals surface area contributed by atoms with Crippen LogP contribution in [0.1, 0.15) is 10.4 Å². The number of nitrogens with one attached hydrogen (secondary N) is 2. The number of hydrogen-bond acceptors (Lipinski definition) is 4. The van der Waals surface area contributed by atoms with Gasteiger partial charge in [0.2, 0.25) is 5.91 Å².